The Morgan fingerprint density at radius 3 is 2.00 bits per heavy atom. The number of carbonyl (C=O) groups excluding carboxylic acids is 1. The minimum absolute atomic E-state index is 0.109. The van der Waals surface area contributed by atoms with E-state index < -0.39 is 41.6 Å². The van der Waals surface area contributed by atoms with Crippen molar-refractivity contribution in [2.45, 2.75) is 78.1 Å². The zero-order chi connectivity index (χ0) is 25.5. The van der Waals surface area contributed by atoms with Crippen molar-refractivity contribution in [1.29, 1.82) is 0 Å². The third-order valence-electron chi connectivity index (χ3n) is 5.86. The molecule has 0 spiro atoms. The third-order valence-corrected chi connectivity index (χ3v) is 5.86. The molecule has 0 amide bonds. The van der Waals surface area contributed by atoms with Crippen molar-refractivity contribution in [3.63, 3.8) is 0 Å². The number of hydrogen-bond acceptors (Lipinski definition) is 5. The smallest absolute Gasteiger partial charge is 0.489 e. The molecule has 0 bridgehead atoms. The zero-order valence-corrected chi connectivity index (χ0v) is 20.5. The van der Waals surface area contributed by atoms with Crippen molar-refractivity contribution in [2.24, 2.45) is 0 Å². The van der Waals surface area contributed by atoms with Crippen molar-refractivity contribution >= 4 is 18.6 Å². The fraction of sp³-hybridized carbons (Fsp3) is 0.480. The first-order valence-electron chi connectivity index (χ1n) is 11.0. The lowest BCUT2D eigenvalue weighted by molar-refractivity contribution is -0.137. The summed E-state index contributed by atoms with van der Waals surface area (Å²) in [6.45, 7) is 12.7. The molecule has 5 nitrogen and oxygen atoms in total. The highest BCUT2D eigenvalue weighted by Crippen LogP contribution is 2.36. The van der Waals surface area contributed by atoms with Crippen LogP contribution in [0, 0.1) is 0 Å². The number of esters is 1. The molecular weight excluding hydrogens is 448 g/mol. The molecule has 184 valence electrons. The third kappa shape index (κ3) is 5.94. The number of alkyl halides is 3. The quantitative estimate of drug-likeness (QED) is 0.418. The van der Waals surface area contributed by atoms with Crippen LogP contribution < -0.4 is 10.2 Å². The second-order valence-electron chi connectivity index (χ2n) is 10.3. The van der Waals surface area contributed by atoms with Crippen LogP contribution in [0.15, 0.2) is 42.5 Å². The van der Waals surface area contributed by atoms with Gasteiger partial charge in [0.05, 0.1) is 22.3 Å². The van der Waals surface area contributed by atoms with Gasteiger partial charge in [0.2, 0.25) is 0 Å². The Hall–Kier alpha value is -2.52. The van der Waals surface area contributed by atoms with Crippen molar-refractivity contribution in [3.8, 4) is 5.75 Å². The molecule has 34 heavy (non-hydrogen) atoms. The van der Waals surface area contributed by atoms with Crippen LogP contribution in [-0.4, -0.2) is 29.9 Å². The molecule has 2 aromatic carbocycles. The molecule has 1 aliphatic rings. The predicted octanol–water partition coefficient (Wildman–Crippen LogP) is 5.54. The molecular formula is C25H30BF3O5. The molecule has 0 unspecified atom stereocenters. The molecule has 3 rings (SSSR count). The van der Waals surface area contributed by atoms with Crippen molar-refractivity contribution in [3.05, 3.63) is 59.2 Å². The summed E-state index contributed by atoms with van der Waals surface area (Å²) in [5.41, 5.74) is -1.79. The van der Waals surface area contributed by atoms with Gasteiger partial charge in [-0.2, -0.15) is 13.2 Å². The summed E-state index contributed by atoms with van der Waals surface area (Å²) >= 11 is 0. The van der Waals surface area contributed by atoms with E-state index in [2.05, 4.69) is 0 Å². The number of ether oxygens (including phenoxy) is 2. The minimum atomic E-state index is -4.58. The van der Waals surface area contributed by atoms with Gasteiger partial charge in [0.1, 0.15) is 18.0 Å². The van der Waals surface area contributed by atoms with Crippen molar-refractivity contribution in [1.82, 2.24) is 0 Å². The lowest BCUT2D eigenvalue weighted by atomic mass is 9.79. The second-order valence-corrected chi connectivity index (χ2v) is 10.3. The van der Waals surface area contributed by atoms with Gasteiger partial charge in [-0.15, -0.1) is 0 Å². The van der Waals surface area contributed by atoms with Gasteiger partial charge in [0.15, 0.2) is 0 Å². The fourth-order valence-corrected chi connectivity index (χ4v) is 3.26. The van der Waals surface area contributed by atoms with Gasteiger partial charge in [-0.05, 0) is 78.2 Å². The van der Waals surface area contributed by atoms with Crippen molar-refractivity contribution in [2.75, 3.05) is 0 Å². The molecule has 0 radical (unpaired) electrons. The van der Waals surface area contributed by atoms with Crippen LogP contribution >= 0.6 is 0 Å². The molecule has 0 aliphatic carbocycles. The number of carbonyl (C=O) groups is 1. The Morgan fingerprint density at radius 2 is 1.50 bits per heavy atom. The van der Waals surface area contributed by atoms with Crippen molar-refractivity contribution < 1.29 is 36.7 Å². The highest BCUT2D eigenvalue weighted by atomic mass is 19.4. The minimum Gasteiger partial charge on any atom is -0.489 e. The van der Waals surface area contributed by atoms with Crippen LogP contribution in [0.25, 0.3) is 0 Å². The van der Waals surface area contributed by atoms with Crippen LogP contribution in [0.3, 0.4) is 0 Å². The summed E-state index contributed by atoms with van der Waals surface area (Å²) in [7, 11) is -0.521. The first-order chi connectivity index (χ1) is 15.5. The van der Waals surface area contributed by atoms with E-state index in [1.165, 1.54) is 6.07 Å². The van der Waals surface area contributed by atoms with E-state index in [1.807, 2.05) is 27.7 Å². The average Bonchev–Trinajstić information content (AvgIpc) is 2.91. The molecule has 1 saturated heterocycles. The summed E-state index contributed by atoms with van der Waals surface area (Å²) in [6.07, 6.45) is -4.58. The fourth-order valence-electron chi connectivity index (χ4n) is 3.26. The van der Waals surface area contributed by atoms with Gasteiger partial charge in [-0.25, -0.2) is 4.79 Å². The molecule has 0 saturated carbocycles. The van der Waals surface area contributed by atoms with Gasteiger partial charge in [-0.1, -0.05) is 18.2 Å². The van der Waals surface area contributed by atoms with E-state index in [-0.39, 0.29) is 17.7 Å². The van der Waals surface area contributed by atoms with Crippen LogP contribution in [0.1, 0.15) is 70.0 Å². The van der Waals surface area contributed by atoms with E-state index in [9.17, 15) is 18.0 Å². The average molecular weight is 478 g/mol. The highest BCUT2D eigenvalue weighted by molar-refractivity contribution is 6.62. The summed E-state index contributed by atoms with van der Waals surface area (Å²) in [6, 6.07) is 10.0. The Morgan fingerprint density at radius 1 is 0.941 bits per heavy atom. The number of hydrogen-bond donors (Lipinski definition) is 0. The SMILES string of the molecule is CC(C)(C)OC(=O)c1cc(C(F)(F)F)ccc1COc1ccc(B2OC(C)(C)C(C)(C)O2)cc1. The van der Waals surface area contributed by atoms with E-state index >= 15 is 0 Å². The standard InChI is InChI=1S/C25H30BF3O5/c1-22(2,3)32-21(30)20-14-17(25(27,28)29)9-8-16(20)15-31-19-12-10-18(11-13-19)26-33-23(4,5)24(6,7)34-26/h8-14H,15H2,1-7H3. The molecule has 1 heterocycles. The Labute approximate surface area is 198 Å². The predicted molar refractivity (Wildman–Crippen MR) is 123 cm³/mol. The van der Waals surface area contributed by atoms with E-state index in [0.29, 0.717) is 5.75 Å². The number of halogens is 3. The number of benzene rings is 2. The van der Waals surface area contributed by atoms with Crippen LogP contribution in [0.4, 0.5) is 13.2 Å². The topological polar surface area (TPSA) is 54.0 Å². The van der Waals surface area contributed by atoms with Gasteiger partial charge < -0.3 is 18.8 Å². The Kier molecular flexibility index (Phi) is 6.85. The maximum atomic E-state index is 13.2. The van der Waals surface area contributed by atoms with Gasteiger partial charge in [0, 0.05) is 5.56 Å². The first kappa shape index (κ1) is 26.1. The monoisotopic (exact) mass is 478 g/mol. The Bertz CT molecular complexity index is 1020. The van der Waals surface area contributed by atoms with E-state index in [4.69, 9.17) is 18.8 Å². The van der Waals surface area contributed by atoms with E-state index in [0.717, 1.165) is 17.6 Å². The summed E-state index contributed by atoms with van der Waals surface area (Å²) < 4.78 is 62.8. The lowest BCUT2D eigenvalue weighted by Gasteiger charge is -2.32. The molecule has 0 N–H and O–H groups in total. The van der Waals surface area contributed by atoms with Crippen LogP contribution in [0.2, 0.25) is 0 Å². The van der Waals surface area contributed by atoms with Crippen LogP contribution in [0.5, 0.6) is 5.75 Å². The molecule has 0 atom stereocenters. The maximum Gasteiger partial charge on any atom is 0.494 e. The molecule has 2 aromatic rings. The zero-order valence-electron chi connectivity index (χ0n) is 20.5. The number of rotatable bonds is 5. The van der Waals surface area contributed by atoms with Gasteiger partial charge >= 0.3 is 19.3 Å². The summed E-state index contributed by atoms with van der Waals surface area (Å²) in [5.74, 6) is -0.358. The molecule has 0 aromatic heterocycles. The Balaban J connectivity index is 1.76. The van der Waals surface area contributed by atoms with E-state index in [1.54, 1.807) is 45.0 Å². The largest absolute Gasteiger partial charge is 0.494 e. The van der Waals surface area contributed by atoms with Gasteiger partial charge in [0.25, 0.3) is 0 Å². The summed E-state index contributed by atoms with van der Waals surface area (Å²) in [5, 5.41) is 0. The first-order valence-corrected chi connectivity index (χ1v) is 11.0. The summed E-state index contributed by atoms with van der Waals surface area (Å²) in [4.78, 5) is 12.6. The lowest BCUT2D eigenvalue weighted by Crippen LogP contribution is -2.41. The molecule has 1 aliphatic heterocycles. The second kappa shape index (κ2) is 8.93. The molecule has 1 fully saturated rings. The normalized spacial score (nSPS) is 17.5. The molecule has 9 heteroatoms. The van der Waals surface area contributed by atoms with Gasteiger partial charge in [-0.3, -0.25) is 0 Å². The maximum absolute atomic E-state index is 13.2. The van der Waals surface area contributed by atoms with Crippen LogP contribution in [-0.2, 0) is 26.8 Å². The highest BCUT2D eigenvalue weighted by Gasteiger charge is 2.51.